The number of hydrogen-bond donors (Lipinski definition) is 2. The number of carboxylic acid groups (broad SMARTS) is 1. The number of carbonyl (C=O) groups is 1. The van der Waals surface area contributed by atoms with Crippen molar-refractivity contribution in [3.8, 4) is 0 Å². The summed E-state index contributed by atoms with van der Waals surface area (Å²) < 4.78 is 18.7. The Morgan fingerprint density at radius 2 is 1.91 bits per heavy atom. The maximum Gasteiger partial charge on any atom is 0.320 e. The molecule has 7 heteroatoms. The first-order valence-electron chi connectivity index (χ1n) is 8.31. The van der Waals surface area contributed by atoms with Crippen LogP contribution in [0.4, 0.5) is 0 Å². The normalized spacial score (nSPS) is 34.7. The van der Waals surface area contributed by atoms with Crippen molar-refractivity contribution in [2.45, 2.75) is 89.3 Å². The van der Waals surface area contributed by atoms with E-state index in [1.807, 2.05) is 13.8 Å². The molecule has 0 amide bonds. The average molecular weight is 346 g/mol. The van der Waals surface area contributed by atoms with Crippen molar-refractivity contribution in [2.75, 3.05) is 6.61 Å². The molecule has 0 aromatic heterocycles. The number of aliphatic carboxylic acids is 1. The highest BCUT2D eigenvalue weighted by atomic mass is 28.4. The second-order valence-electron chi connectivity index (χ2n) is 8.65. The van der Waals surface area contributed by atoms with Gasteiger partial charge in [0.25, 0.3) is 0 Å². The summed E-state index contributed by atoms with van der Waals surface area (Å²) in [6, 6.07) is -0.730. The van der Waals surface area contributed by atoms with Crippen molar-refractivity contribution >= 4 is 14.3 Å². The molecule has 2 aliphatic rings. The zero-order chi connectivity index (χ0) is 17.7. The molecule has 0 spiro atoms. The topological polar surface area (TPSA) is 77.0 Å². The second kappa shape index (κ2) is 5.81. The molecule has 3 atom stereocenters. The first kappa shape index (κ1) is 18.9. The maximum atomic E-state index is 11.3. The van der Waals surface area contributed by atoms with Crippen LogP contribution in [-0.2, 0) is 18.7 Å². The van der Waals surface area contributed by atoms with Gasteiger partial charge < -0.3 is 19.0 Å². The standard InChI is InChI=1S/C16H31NO5Si/c1-14(2,3)23(6,7)22-16(10-20-15(4,5)21-16)12-9-8-11(17-12)13(18)19/h11-12,17H,8-10H2,1-7H3,(H,18,19)/t11?,12-,16-/m1/s1. The Hall–Kier alpha value is -0.473. The van der Waals surface area contributed by atoms with Crippen LogP contribution < -0.4 is 5.32 Å². The van der Waals surface area contributed by atoms with Gasteiger partial charge in [-0.25, -0.2) is 0 Å². The molecule has 6 nitrogen and oxygen atoms in total. The summed E-state index contributed by atoms with van der Waals surface area (Å²) in [7, 11) is -2.11. The van der Waals surface area contributed by atoms with E-state index in [0.29, 0.717) is 19.4 Å². The van der Waals surface area contributed by atoms with E-state index < -0.39 is 31.9 Å². The fraction of sp³-hybridized carbons (Fsp3) is 0.938. The minimum absolute atomic E-state index is 0.0287. The quantitative estimate of drug-likeness (QED) is 0.763. The molecular weight excluding hydrogens is 314 g/mol. The number of ether oxygens (including phenoxy) is 2. The van der Waals surface area contributed by atoms with Crippen LogP contribution in [0.15, 0.2) is 0 Å². The van der Waals surface area contributed by atoms with Gasteiger partial charge in [0.1, 0.15) is 12.6 Å². The van der Waals surface area contributed by atoms with Gasteiger partial charge in [0.2, 0.25) is 5.79 Å². The highest BCUT2D eigenvalue weighted by Gasteiger charge is 2.57. The van der Waals surface area contributed by atoms with Crippen LogP contribution >= 0.6 is 0 Å². The molecule has 2 fully saturated rings. The lowest BCUT2D eigenvalue weighted by molar-refractivity contribution is -0.233. The monoisotopic (exact) mass is 345 g/mol. The van der Waals surface area contributed by atoms with Gasteiger partial charge >= 0.3 is 5.97 Å². The van der Waals surface area contributed by atoms with Crippen molar-refractivity contribution < 1.29 is 23.8 Å². The zero-order valence-electron chi connectivity index (χ0n) is 15.4. The molecule has 23 heavy (non-hydrogen) atoms. The van der Waals surface area contributed by atoms with Crippen LogP contribution in [0.2, 0.25) is 18.1 Å². The van der Waals surface area contributed by atoms with E-state index in [1.54, 1.807) is 0 Å². The summed E-state index contributed by atoms with van der Waals surface area (Å²) in [5, 5.41) is 12.5. The molecule has 0 radical (unpaired) electrons. The van der Waals surface area contributed by atoms with E-state index in [2.05, 4.69) is 39.2 Å². The molecule has 134 valence electrons. The third-order valence-corrected chi connectivity index (χ3v) is 9.72. The number of carboxylic acids is 1. The maximum absolute atomic E-state index is 11.3. The molecule has 2 saturated heterocycles. The number of nitrogens with one attached hydrogen (secondary N) is 1. The Balaban J connectivity index is 2.27. The van der Waals surface area contributed by atoms with Crippen LogP contribution in [-0.4, -0.2) is 49.7 Å². The van der Waals surface area contributed by atoms with Gasteiger partial charge in [-0.2, -0.15) is 0 Å². The van der Waals surface area contributed by atoms with Gasteiger partial charge in [-0.1, -0.05) is 20.8 Å². The van der Waals surface area contributed by atoms with E-state index in [9.17, 15) is 9.90 Å². The Bertz CT molecular complexity index is 474. The SMILES string of the molecule is CC1(C)OC[C@@](O[Si](C)(C)C(C)(C)C)([C@H]2CCC(C(=O)O)N2)O1. The van der Waals surface area contributed by atoms with E-state index in [0.717, 1.165) is 0 Å². The summed E-state index contributed by atoms with van der Waals surface area (Å²) in [5.74, 6) is -2.48. The van der Waals surface area contributed by atoms with Crippen molar-refractivity contribution in [1.29, 1.82) is 0 Å². The van der Waals surface area contributed by atoms with Gasteiger partial charge in [0.05, 0.1) is 6.04 Å². The molecule has 1 unspecified atom stereocenters. The van der Waals surface area contributed by atoms with E-state index in [1.165, 1.54) is 0 Å². The fourth-order valence-corrected chi connectivity index (χ4v) is 4.32. The first-order chi connectivity index (χ1) is 10.3. The molecule has 0 aromatic carbocycles. The van der Waals surface area contributed by atoms with Crippen LogP contribution in [0, 0.1) is 0 Å². The summed E-state index contributed by atoms with van der Waals surface area (Å²) in [6.45, 7) is 14.9. The molecular formula is C16H31NO5Si. The van der Waals surface area contributed by atoms with Gasteiger partial charge in [-0.05, 0) is 44.8 Å². The van der Waals surface area contributed by atoms with Gasteiger partial charge in [-0.3, -0.25) is 10.1 Å². The highest BCUT2D eigenvalue weighted by molar-refractivity contribution is 6.74. The van der Waals surface area contributed by atoms with Crippen LogP contribution in [0.25, 0.3) is 0 Å². The third-order valence-electron chi connectivity index (χ3n) is 5.25. The zero-order valence-corrected chi connectivity index (χ0v) is 16.4. The molecule has 2 rings (SSSR count). The van der Waals surface area contributed by atoms with E-state index >= 15 is 0 Å². The smallest absolute Gasteiger partial charge is 0.320 e. The van der Waals surface area contributed by atoms with Gasteiger partial charge in [0.15, 0.2) is 14.1 Å². The van der Waals surface area contributed by atoms with E-state index in [4.69, 9.17) is 13.9 Å². The highest BCUT2D eigenvalue weighted by Crippen LogP contribution is 2.45. The number of hydrogen-bond acceptors (Lipinski definition) is 5. The minimum Gasteiger partial charge on any atom is -0.480 e. The van der Waals surface area contributed by atoms with Crippen molar-refractivity contribution in [1.82, 2.24) is 5.32 Å². The Labute approximate surface area is 140 Å². The molecule has 2 aliphatic heterocycles. The summed E-state index contributed by atoms with van der Waals surface area (Å²) in [5.41, 5.74) is 0. The van der Waals surface area contributed by atoms with Crippen molar-refractivity contribution in [3.05, 3.63) is 0 Å². The van der Waals surface area contributed by atoms with Gasteiger partial charge in [-0.15, -0.1) is 0 Å². The fourth-order valence-electron chi connectivity index (χ4n) is 2.91. The van der Waals surface area contributed by atoms with Crippen molar-refractivity contribution in [3.63, 3.8) is 0 Å². The van der Waals surface area contributed by atoms with Crippen LogP contribution in [0.3, 0.4) is 0 Å². The predicted molar refractivity (Wildman–Crippen MR) is 89.7 cm³/mol. The molecule has 2 heterocycles. The Morgan fingerprint density at radius 1 is 1.30 bits per heavy atom. The molecule has 0 aromatic rings. The minimum atomic E-state index is -2.11. The van der Waals surface area contributed by atoms with Gasteiger partial charge in [0, 0.05) is 0 Å². The molecule has 2 N–H and O–H groups in total. The lowest BCUT2D eigenvalue weighted by Gasteiger charge is -2.45. The molecule has 0 aliphatic carbocycles. The molecule has 0 bridgehead atoms. The van der Waals surface area contributed by atoms with Crippen LogP contribution in [0.5, 0.6) is 0 Å². The lowest BCUT2D eigenvalue weighted by Crippen LogP contribution is -2.60. The van der Waals surface area contributed by atoms with E-state index in [-0.39, 0.29) is 11.1 Å². The van der Waals surface area contributed by atoms with Crippen LogP contribution in [0.1, 0.15) is 47.5 Å². The lowest BCUT2D eigenvalue weighted by atomic mass is 10.1. The number of rotatable bonds is 4. The summed E-state index contributed by atoms with van der Waals surface area (Å²) in [6.07, 6.45) is 1.28. The first-order valence-corrected chi connectivity index (χ1v) is 11.2. The molecule has 0 saturated carbocycles. The predicted octanol–water partition coefficient (Wildman–Crippen LogP) is 2.69. The Kier molecular flexibility index (Phi) is 4.76. The summed E-state index contributed by atoms with van der Waals surface area (Å²) >= 11 is 0. The Morgan fingerprint density at radius 3 is 2.30 bits per heavy atom. The largest absolute Gasteiger partial charge is 0.480 e. The average Bonchev–Trinajstić information content (AvgIpc) is 2.93. The summed E-state index contributed by atoms with van der Waals surface area (Å²) in [4.78, 5) is 11.3. The second-order valence-corrected chi connectivity index (χ2v) is 13.4. The van der Waals surface area contributed by atoms with Crippen molar-refractivity contribution in [2.24, 2.45) is 0 Å². The third kappa shape index (κ3) is 3.79.